The molecule has 0 aliphatic rings. The zero-order chi connectivity index (χ0) is 21.9. The van der Waals surface area contributed by atoms with Gasteiger partial charge in [-0.1, -0.05) is 6.08 Å². The molecule has 1 heterocycles. The number of aliphatic imine (C=N–C) groups is 1. The van der Waals surface area contributed by atoms with Gasteiger partial charge in [0.15, 0.2) is 0 Å². The van der Waals surface area contributed by atoms with Crippen molar-refractivity contribution in [2.45, 2.75) is 0 Å². The highest BCUT2D eigenvalue weighted by Gasteiger charge is 2.18. The molecule has 0 spiro atoms. The largest absolute Gasteiger partial charge is 0.392 e. The van der Waals surface area contributed by atoms with Gasteiger partial charge in [-0.15, -0.1) is 0 Å². The van der Waals surface area contributed by atoms with Crippen LogP contribution < -0.4 is 10.9 Å². The molecule has 0 atom stereocenters. The summed E-state index contributed by atoms with van der Waals surface area (Å²) in [6.07, 6.45) is 8.37. The number of aliphatic hydroxyl groups excluding tert-OH is 1. The van der Waals surface area contributed by atoms with Crippen LogP contribution in [-0.2, 0) is 0 Å². The number of pyridine rings is 1. The number of rotatable bonds is 9. The van der Waals surface area contributed by atoms with Gasteiger partial charge in [-0.25, -0.2) is 4.99 Å². The van der Waals surface area contributed by atoms with E-state index in [2.05, 4.69) is 20.8 Å². The second-order valence-corrected chi connectivity index (χ2v) is 5.54. The molecule has 0 aliphatic carbocycles. The first-order valence-corrected chi connectivity index (χ1v) is 8.31. The summed E-state index contributed by atoms with van der Waals surface area (Å²) in [5.41, 5.74) is 4.73. The number of aliphatic hydroxyl groups is 1. The summed E-state index contributed by atoms with van der Waals surface area (Å²) in [5, 5.41) is 31.1. The van der Waals surface area contributed by atoms with Gasteiger partial charge in [-0.2, -0.15) is 0 Å². The highest BCUT2D eigenvalue weighted by atomic mass is 16.6. The van der Waals surface area contributed by atoms with Crippen LogP contribution >= 0.6 is 0 Å². The summed E-state index contributed by atoms with van der Waals surface area (Å²) in [5.74, 6) is -0.401. The van der Waals surface area contributed by atoms with E-state index in [-0.39, 0.29) is 12.3 Å². The first kappa shape index (κ1) is 21.8. The Morgan fingerprint density at radius 3 is 2.53 bits per heavy atom. The van der Waals surface area contributed by atoms with Gasteiger partial charge in [0.25, 0.3) is 11.6 Å². The van der Waals surface area contributed by atoms with Gasteiger partial charge in [0.05, 0.1) is 22.5 Å². The van der Waals surface area contributed by atoms with Gasteiger partial charge < -0.3 is 10.5 Å². The van der Waals surface area contributed by atoms with Crippen LogP contribution in [0.5, 0.6) is 0 Å². The Morgan fingerprint density at radius 2 is 1.90 bits per heavy atom. The van der Waals surface area contributed by atoms with Gasteiger partial charge in [0.1, 0.15) is 5.69 Å². The maximum absolute atomic E-state index is 11.9. The maximum Gasteiger partial charge on any atom is 0.301 e. The highest BCUT2D eigenvalue weighted by Crippen LogP contribution is 2.30. The summed E-state index contributed by atoms with van der Waals surface area (Å²) >= 11 is 0. The number of nitrogens with one attached hydrogen (secondary N) is 2. The predicted molar refractivity (Wildman–Crippen MR) is 107 cm³/mol. The smallest absolute Gasteiger partial charge is 0.301 e. The molecule has 3 N–H and O–H groups in total. The van der Waals surface area contributed by atoms with Crippen molar-refractivity contribution in [2.24, 2.45) is 4.99 Å². The molecule has 0 saturated heterocycles. The second-order valence-electron chi connectivity index (χ2n) is 5.54. The van der Waals surface area contributed by atoms with Crippen LogP contribution in [0, 0.1) is 20.2 Å². The van der Waals surface area contributed by atoms with E-state index in [4.69, 9.17) is 0 Å². The van der Waals surface area contributed by atoms with Gasteiger partial charge in [-0.3, -0.25) is 35.4 Å². The molecule has 0 saturated carbocycles. The highest BCUT2D eigenvalue weighted by molar-refractivity contribution is 5.93. The number of nitrogens with zero attached hydrogens (tertiary/aromatic N) is 4. The number of amides is 1. The molecule has 1 aromatic heterocycles. The molecule has 2 rings (SSSR count). The van der Waals surface area contributed by atoms with Crippen molar-refractivity contribution in [3.05, 3.63) is 92.4 Å². The Kier molecular flexibility index (Phi) is 7.85. The van der Waals surface area contributed by atoms with Crippen LogP contribution in [0.3, 0.4) is 0 Å². The van der Waals surface area contributed by atoms with Crippen LogP contribution in [0.15, 0.2) is 71.6 Å². The second kappa shape index (κ2) is 10.8. The molecule has 0 aliphatic heterocycles. The van der Waals surface area contributed by atoms with E-state index in [0.29, 0.717) is 11.1 Å². The lowest BCUT2D eigenvalue weighted by Gasteiger charge is -2.05. The minimum Gasteiger partial charge on any atom is -0.392 e. The molecule has 12 heteroatoms. The van der Waals surface area contributed by atoms with Gasteiger partial charge in [0.2, 0.25) is 0 Å². The molecule has 0 fully saturated rings. The monoisotopic (exact) mass is 412 g/mol. The van der Waals surface area contributed by atoms with Gasteiger partial charge in [-0.05, 0) is 29.8 Å². The Hall–Kier alpha value is -4.45. The van der Waals surface area contributed by atoms with Gasteiger partial charge in [0, 0.05) is 36.4 Å². The lowest BCUT2D eigenvalue weighted by atomic mass is 10.2. The number of hydrogen-bond acceptors (Lipinski definition) is 9. The maximum atomic E-state index is 11.9. The SMILES string of the molecule is O=C(NN/C=C(/C=C\C=Nc1ccc([N+](=O)[O-])cc1[N+](=O)[O-])CO)c1ccncc1. The lowest BCUT2D eigenvalue weighted by molar-refractivity contribution is -0.393. The molecule has 30 heavy (non-hydrogen) atoms. The first-order valence-electron chi connectivity index (χ1n) is 8.31. The molecule has 1 amide bonds. The fourth-order valence-electron chi connectivity index (χ4n) is 2.09. The number of nitro benzene ring substituents is 2. The van der Waals surface area contributed by atoms with Crippen molar-refractivity contribution in [3.8, 4) is 0 Å². The minimum atomic E-state index is -0.766. The third-order valence-electron chi connectivity index (χ3n) is 3.54. The van der Waals surface area contributed by atoms with E-state index >= 15 is 0 Å². The molecule has 0 bridgehead atoms. The molecule has 0 radical (unpaired) electrons. The third-order valence-corrected chi connectivity index (χ3v) is 3.54. The molecule has 1 aromatic carbocycles. The first-order chi connectivity index (χ1) is 14.4. The topological polar surface area (TPSA) is 173 Å². The average molecular weight is 412 g/mol. The van der Waals surface area contributed by atoms with E-state index in [9.17, 15) is 30.1 Å². The van der Waals surface area contributed by atoms with Crippen molar-refractivity contribution in [1.82, 2.24) is 15.8 Å². The third kappa shape index (κ3) is 6.31. The average Bonchev–Trinajstić information content (AvgIpc) is 2.75. The summed E-state index contributed by atoms with van der Waals surface area (Å²) in [7, 11) is 0. The van der Waals surface area contributed by atoms with E-state index < -0.39 is 27.1 Å². The number of carbonyl (C=O) groups is 1. The number of hydrazine groups is 1. The Morgan fingerprint density at radius 1 is 1.17 bits per heavy atom. The number of aromatic nitrogens is 1. The zero-order valence-electron chi connectivity index (χ0n) is 15.3. The number of nitro groups is 2. The summed E-state index contributed by atoms with van der Waals surface area (Å²) in [4.78, 5) is 39.9. The summed E-state index contributed by atoms with van der Waals surface area (Å²) < 4.78 is 0. The molecule has 0 unspecified atom stereocenters. The molecule has 154 valence electrons. The van der Waals surface area contributed by atoms with Crippen LogP contribution in [-0.4, -0.2) is 38.7 Å². The summed E-state index contributed by atoms with van der Waals surface area (Å²) in [6, 6.07) is 6.16. The fourth-order valence-corrected chi connectivity index (χ4v) is 2.09. The Labute approximate surface area is 169 Å². The number of hydrogen-bond donors (Lipinski definition) is 3. The molecule has 2 aromatic rings. The van der Waals surface area contributed by atoms with Crippen molar-refractivity contribution in [3.63, 3.8) is 0 Å². The Balaban J connectivity index is 2.01. The van der Waals surface area contributed by atoms with Crippen LogP contribution in [0.2, 0.25) is 0 Å². The van der Waals surface area contributed by atoms with Crippen LogP contribution in [0.1, 0.15) is 10.4 Å². The van der Waals surface area contributed by atoms with Crippen molar-refractivity contribution in [2.75, 3.05) is 6.61 Å². The quantitative estimate of drug-likeness (QED) is 0.242. The van der Waals surface area contributed by atoms with E-state index in [0.717, 1.165) is 12.1 Å². The fraction of sp³-hybridized carbons (Fsp3) is 0.0556. The summed E-state index contributed by atoms with van der Waals surface area (Å²) in [6.45, 7) is -0.361. The standard InChI is InChI=1S/C18H16N6O6/c25-12-13(11-21-22-18(26)14-5-8-19-9-6-14)2-1-7-20-16-4-3-15(23(27)28)10-17(16)24(29)30/h1-11,21,25H,12H2,(H,22,26)/b2-1-,13-11-,20-7?. The van der Waals surface area contributed by atoms with E-state index in [1.165, 1.54) is 55.2 Å². The van der Waals surface area contributed by atoms with Crippen molar-refractivity contribution in [1.29, 1.82) is 0 Å². The zero-order valence-corrected chi connectivity index (χ0v) is 15.3. The van der Waals surface area contributed by atoms with E-state index in [1.54, 1.807) is 0 Å². The lowest BCUT2D eigenvalue weighted by Crippen LogP contribution is -2.33. The number of non-ortho nitro benzene ring substituents is 1. The molecule has 12 nitrogen and oxygen atoms in total. The molecular weight excluding hydrogens is 396 g/mol. The van der Waals surface area contributed by atoms with Crippen LogP contribution in [0.25, 0.3) is 0 Å². The normalized spacial score (nSPS) is 11.6. The number of allylic oxidation sites excluding steroid dienone is 1. The van der Waals surface area contributed by atoms with Gasteiger partial charge >= 0.3 is 5.69 Å². The van der Waals surface area contributed by atoms with Crippen molar-refractivity contribution < 1.29 is 19.7 Å². The van der Waals surface area contributed by atoms with E-state index in [1.807, 2.05) is 0 Å². The minimum absolute atomic E-state index is 0.0625. The molecular formula is C18H16N6O6. The van der Waals surface area contributed by atoms with Crippen LogP contribution in [0.4, 0.5) is 17.1 Å². The number of carbonyl (C=O) groups excluding carboxylic acids is 1. The predicted octanol–water partition coefficient (Wildman–Crippen LogP) is 1.97. The van der Waals surface area contributed by atoms with Crippen molar-refractivity contribution >= 4 is 29.2 Å². The Bertz CT molecular complexity index is 1020. The number of benzene rings is 1.